The van der Waals surface area contributed by atoms with E-state index in [0.29, 0.717) is 17.6 Å². The van der Waals surface area contributed by atoms with Crippen LogP contribution in [0, 0.1) is 0 Å². The summed E-state index contributed by atoms with van der Waals surface area (Å²) in [7, 11) is 0. The predicted molar refractivity (Wildman–Crippen MR) is 83.4 cm³/mol. The molecule has 0 aliphatic carbocycles. The van der Waals surface area contributed by atoms with E-state index >= 15 is 0 Å². The lowest BCUT2D eigenvalue weighted by Crippen LogP contribution is -2.57. The molecule has 1 fully saturated rings. The topological polar surface area (TPSA) is 61.4 Å². The van der Waals surface area contributed by atoms with E-state index in [-0.39, 0.29) is 18.4 Å². The quantitative estimate of drug-likeness (QED) is 0.831. The van der Waals surface area contributed by atoms with Crippen molar-refractivity contribution in [1.29, 1.82) is 0 Å². The second kappa shape index (κ2) is 6.45. The Labute approximate surface area is 129 Å². The van der Waals surface area contributed by atoms with Gasteiger partial charge in [-0.2, -0.15) is 0 Å². The van der Waals surface area contributed by atoms with Gasteiger partial charge < -0.3 is 10.2 Å². The van der Waals surface area contributed by atoms with E-state index in [0.717, 1.165) is 11.3 Å². The highest BCUT2D eigenvalue weighted by atomic mass is 35.5. The van der Waals surface area contributed by atoms with Crippen LogP contribution in [0.5, 0.6) is 0 Å². The smallest absolute Gasteiger partial charge is 0.249 e. The molecule has 0 bridgehead atoms. The van der Waals surface area contributed by atoms with Crippen LogP contribution in [-0.4, -0.2) is 30.4 Å². The highest BCUT2D eigenvalue weighted by molar-refractivity contribution is 6.30. The molecule has 1 aliphatic rings. The van der Waals surface area contributed by atoms with Gasteiger partial charge in [0.25, 0.3) is 0 Å². The van der Waals surface area contributed by atoms with Crippen LogP contribution in [0.15, 0.2) is 18.2 Å². The molecule has 2 amide bonds. The molecule has 1 aliphatic heterocycles. The lowest BCUT2D eigenvalue weighted by molar-refractivity contribution is -0.132. The third kappa shape index (κ3) is 3.74. The first-order valence-electron chi connectivity index (χ1n) is 7.00. The molecule has 1 aromatic rings. The largest absolute Gasteiger partial charge is 0.350 e. The Morgan fingerprint density at radius 3 is 2.81 bits per heavy atom. The van der Waals surface area contributed by atoms with E-state index < -0.39 is 6.04 Å². The lowest BCUT2D eigenvalue weighted by atomic mass is 10.1. The van der Waals surface area contributed by atoms with E-state index in [1.165, 1.54) is 0 Å². The van der Waals surface area contributed by atoms with Crippen molar-refractivity contribution >= 4 is 29.1 Å². The molecule has 1 heterocycles. The highest BCUT2D eigenvalue weighted by Gasteiger charge is 2.31. The van der Waals surface area contributed by atoms with Gasteiger partial charge in [0.15, 0.2) is 0 Å². The molecule has 1 aromatic carbocycles. The normalized spacial score (nSPS) is 19.1. The first-order chi connectivity index (χ1) is 9.88. The molecule has 2 rings (SSSR count). The van der Waals surface area contributed by atoms with Gasteiger partial charge in [-0.05, 0) is 24.6 Å². The molecule has 2 N–H and O–H groups in total. The molecule has 0 saturated carbocycles. The molecule has 21 heavy (non-hydrogen) atoms. The fourth-order valence-corrected chi connectivity index (χ4v) is 2.44. The van der Waals surface area contributed by atoms with E-state index in [1.54, 1.807) is 17.9 Å². The molecule has 0 aromatic heterocycles. The van der Waals surface area contributed by atoms with Gasteiger partial charge in [0.1, 0.15) is 6.04 Å². The van der Waals surface area contributed by atoms with Crippen molar-refractivity contribution in [2.24, 2.45) is 0 Å². The maximum Gasteiger partial charge on any atom is 0.249 e. The number of halogens is 1. The zero-order valence-electron chi connectivity index (χ0n) is 12.4. The summed E-state index contributed by atoms with van der Waals surface area (Å²) >= 11 is 6.09. The first kappa shape index (κ1) is 15.8. The average molecular weight is 310 g/mol. The van der Waals surface area contributed by atoms with Crippen LogP contribution in [0.25, 0.3) is 0 Å². The van der Waals surface area contributed by atoms with Crippen LogP contribution in [0.1, 0.15) is 26.3 Å². The Hall–Kier alpha value is -1.59. The minimum Gasteiger partial charge on any atom is -0.350 e. The van der Waals surface area contributed by atoms with Gasteiger partial charge in [0, 0.05) is 23.3 Å². The lowest BCUT2D eigenvalue weighted by Gasteiger charge is -2.35. The van der Waals surface area contributed by atoms with Crippen LogP contribution >= 0.6 is 11.6 Å². The van der Waals surface area contributed by atoms with Gasteiger partial charge >= 0.3 is 0 Å². The number of nitrogens with zero attached hydrogens (tertiary/aromatic N) is 1. The third-order valence-electron chi connectivity index (χ3n) is 3.48. The summed E-state index contributed by atoms with van der Waals surface area (Å²) in [5.41, 5.74) is 1.84. The van der Waals surface area contributed by atoms with Crippen LogP contribution < -0.4 is 15.5 Å². The molecule has 0 radical (unpaired) electrons. The summed E-state index contributed by atoms with van der Waals surface area (Å²) in [4.78, 5) is 25.3. The number of anilines is 1. The van der Waals surface area contributed by atoms with E-state index in [9.17, 15) is 9.59 Å². The van der Waals surface area contributed by atoms with Gasteiger partial charge in [-0.15, -0.1) is 0 Å². The number of carbonyl (C=O) groups is 2. The number of benzene rings is 1. The standard InChI is InChI=1S/C15H20ClN3O2/c1-9(2)17-7-11-4-5-12(16)6-13(11)19-8-14(20)18-15(21)10(19)3/h4-6,9-10,17H,7-8H2,1-3H3,(H,18,20,21). The van der Waals surface area contributed by atoms with Crippen LogP contribution in [0.4, 0.5) is 5.69 Å². The van der Waals surface area contributed by atoms with Gasteiger partial charge in [0.05, 0.1) is 6.54 Å². The van der Waals surface area contributed by atoms with Crippen molar-refractivity contribution in [3.63, 3.8) is 0 Å². The number of carbonyl (C=O) groups excluding carboxylic acids is 2. The van der Waals surface area contributed by atoms with Crippen molar-refractivity contribution < 1.29 is 9.59 Å². The third-order valence-corrected chi connectivity index (χ3v) is 3.72. The summed E-state index contributed by atoms with van der Waals surface area (Å²) in [5, 5.41) is 6.27. The maximum atomic E-state index is 11.8. The molecule has 0 spiro atoms. The van der Waals surface area contributed by atoms with E-state index in [1.807, 2.05) is 12.1 Å². The van der Waals surface area contributed by atoms with Gasteiger partial charge in [0.2, 0.25) is 11.8 Å². The van der Waals surface area contributed by atoms with Crippen LogP contribution in [0.2, 0.25) is 5.02 Å². The van der Waals surface area contributed by atoms with E-state index in [2.05, 4.69) is 24.5 Å². The Kier molecular flexibility index (Phi) is 4.85. The summed E-state index contributed by atoms with van der Waals surface area (Å²) < 4.78 is 0. The molecule has 6 heteroatoms. The van der Waals surface area contributed by atoms with Crippen molar-refractivity contribution in [2.75, 3.05) is 11.4 Å². The fraction of sp³-hybridized carbons (Fsp3) is 0.467. The van der Waals surface area contributed by atoms with Crippen LogP contribution in [-0.2, 0) is 16.1 Å². The second-order valence-corrected chi connectivity index (χ2v) is 5.96. The summed E-state index contributed by atoms with van der Waals surface area (Å²) in [6.45, 7) is 6.72. The molecule has 1 atom stereocenters. The summed E-state index contributed by atoms with van der Waals surface area (Å²) in [6.07, 6.45) is 0. The molecule has 1 saturated heterocycles. The van der Waals surface area contributed by atoms with Gasteiger partial charge in [-0.1, -0.05) is 31.5 Å². The number of amides is 2. The Bertz CT molecular complexity index is 560. The number of rotatable bonds is 4. The number of hydrogen-bond donors (Lipinski definition) is 2. The average Bonchev–Trinajstić information content (AvgIpc) is 2.41. The Morgan fingerprint density at radius 2 is 2.14 bits per heavy atom. The number of nitrogens with one attached hydrogen (secondary N) is 2. The maximum absolute atomic E-state index is 11.8. The minimum atomic E-state index is -0.404. The van der Waals surface area contributed by atoms with Crippen molar-refractivity contribution in [3.05, 3.63) is 28.8 Å². The summed E-state index contributed by atoms with van der Waals surface area (Å²) in [6, 6.07) is 5.49. The predicted octanol–water partition coefficient (Wildman–Crippen LogP) is 1.69. The minimum absolute atomic E-state index is 0.155. The Morgan fingerprint density at radius 1 is 1.43 bits per heavy atom. The van der Waals surface area contributed by atoms with E-state index in [4.69, 9.17) is 11.6 Å². The van der Waals surface area contributed by atoms with Gasteiger partial charge in [-0.25, -0.2) is 0 Å². The van der Waals surface area contributed by atoms with Crippen molar-refractivity contribution in [2.45, 2.75) is 39.4 Å². The monoisotopic (exact) mass is 309 g/mol. The highest BCUT2D eigenvalue weighted by Crippen LogP contribution is 2.27. The molecular formula is C15H20ClN3O2. The second-order valence-electron chi connectivity index (χ2n) is 5.52. The Balaban J connectivity index is 2.33. The molecule has 5 nitrogen and oxygen atoms in total. The number of hydrogen-bond acceptors (Lipinski definition) is 4. The summed E-state index contributed by atoms with van der Waals surface area (Å²) in [5.74, 6) is -0.574. The fourth-order valence-electron chi connectivity index (χ4n) is 2.28. The number of piperazine rings is 1. The van der Waals surface area contributed by atoms with Crippen molar-refractivity contribution in [3.8, 4) is 0 Å². The zero-order valence-corrected chi connectivity index (χ0v) is 13.2. The zero-order chi connectivity index (χ0) is 15.6. The van der Waals surface area contributed by atoms with Crippen molar-refractivity contribution in [1.82, 2.24) is 10.6 Å². The van der Waals surface area contributed by atoms with Gasteiger partial charge in [-0.3, -0.25) is 14.9 Å². The SMILES string of the molecule is CC(C)NCc1ccc(Cl)cc1N1CC(=O)NC(=O)C1C. The molecule has 1 unspecified atom stereocenters. The molecule has 114 valence electrons. The first-order valence-corrected chi connectivity index (χ1v) is 7.38. The number of imide groups is 1. The van der Waals surface area contributed by atoms with Crippen LogP contribution in [0.3, 0.4) is 0 Å². The molecular weight excluding hydrogens is 290 g/mol.